The summed E-state index contributed by atoms with van der Waals surface area (Å²) in [6, 6.07) is 5.27. The summed E-state index contributed by atoms with van der Waals surface area (Å²) < 4.78 is 10.7. The third kappa shape index (κ3) is 4.56. The Labute approximate surface area is 139 Å². The number of aromatic nitrogens is 2. The molecule has 2 rings (SSSR count). The Hall–Kier alpha value is -2.34. The molecule has 0 fully saturated rings. The molecule has 0 aliphatic heterocycles. The predicted molar refractivity (Wildman–Crippen MR) is 88.9 cm³/mol. The number of para-hydroxylation sites is 1. The van der Waals surface area contributed by atoms with Crippen LogP contribution in [-0.4, -0.2) is 28.8 Å². The maximum absolute atomic E-state index is 12.0. The number of methoxy groups -OCH3 is 1. The highest BCUT2D eigenvalue weighted by molar-refractivity contribution is 6.30. The molecule has 0 atom stereocenters. The lowest BCUT2D eigenvalue weighted by Gasteiger charge is -2.20. The molecular weight excluding hydrogens is 318 g/mol. The van der Waals surface area contributed by atoms with Gasteiger partial charge in [-0.3, -0.25) is 5.32 Å². The van der Waals surface area contributed by atoms with Crippen molar-refractivity contribution in [3.63, 3.8) is 0 Å². The number of benzene rings is 1. The van der Waals surface area contributed by atoms with Gasteiger partial charge in [0.2, 0.25) is 0 Å². The number of anilines is 1. The molecule has 0 aliphatic carbocycles. The van der Waals surface area contributed by atoms with Gasteiger partial charge in [-0.25, -0.2) is 14.8 Å². The van der Waals surface area contributed by atoms with E-state index in [1.165, 1.54) is 19.5 Å². The van der Waals surface area contributed by atoms with E-state index in [1.54, 1.807) is 39.0 Å². The number of rotatable bonds is 3. The number of carbonyl (C=O) groups excluding carboxylic acids is 1. The number of amides is 1. The first-order valence-electron chi connectivity index (χ1n) is 6.95. The van der Waals surface area contributed by atoms with Gasteiger partial charge >= 0.3 is 6.09 Å². The highest BCUT2D eigenvalue weighted by atomic mass is 35.5. The van der Waals surface area contributed by atoms with Crippen molar-refractivity contribution in [2.75, 3.05) is 12.4 Å². The lowest BCUT2D eigenvalue weighted by Crippen LogP contribution is -2.27. The Morgan fingerprint density at radius 2 is 1.87 bits per heavy atom. The van der Waals surface area contributed by atoms with Gasteiger partial charge in [0.15, 0.2) is 11.6 Å². The maximum atomic E-state index is 12.0. The van der Waals surface area contributed by atoms with Gasteiger partial charge in [0.1, 0.15) is 5.60 Å². The summed E-state index contributed by atoms with van der Waals surface area (Å²) in [6.07, 6.45) is 2.43. The number of ether oxygens (including phenoxy) is 2. The van der Waals surface area contributed by atoms with Crippen LogP contribution in [0.1, 0.15) is 20.8 Å². The monoisotopic (exact) mass is 335 g/mol. The number of hydrogen-bond donors (Lipinski definition) is 1. The Balaban J connectivity index is 2.33. The second-order valence-electron chi connectivity index (χ2n) is 5.74. The largest absolute Gasteiger partial charge is 0.494 e. The van der Waals surface area contributed by atoms with Gasteiger partial charge in [-0.2, -0.15) is 0 Å². The minimum absolute atomic E-state index is 0.441. The number of carbonyl (C=O) groups is 1. The van der Waals surface area contributed by atoms with Crippen LogP contribution in [0.15, 0.2) is 30.6 Å². The molecule has 1 amide bonds. The fraction of sp³-hybridized carbons (Fsp3) is 0.312. The molecule has 0 spiro atoms. The van der Waals surface area contributed by atoms with Crippen LogP contribution in [-0.2, 0) is 4.74 Å². The van der Waals surface area contributed by atoms with E-state index in [0.29, 0.717) is 27.8 Å². The fourth-order valence-electron chi connectivity index (χ4n) is 1.90. The van der Waals surface area contributed by atoms with Crippen molar-refractivity contribution in [1.29, 1.82) is 0 Å². The van der Waals surface area contributed by atoms with E-state index < -0.39 is 11.7 Å². The van der Waals surface area contributed by atoms with E-state index >= 15 is 0 Å². The van der Waals surface area contributed by atoms with E-state index in [4.69, 9.17) is 21.1 Å². The highest BCUT2D eigenvalue weighted by Gasteiger charge is 2.19. The summed E-state index contributed by atoms with van der Waals surface area (Å²) in [5.74, 6) is 0.889. The number of halogens is 1. The van der Waals surface area contributed by atoms with Gasteiger partial charge in [-0.15, -0.1) is 0 Å². The topological polar surface area (TPSA) is 73.3 Å². The van der Waals surface area contributed by atoms with Crippen LogP contribution in [0.3, 0.4) is 0 Å². The lowest BCUT2D eigenvalue weighted by atomic mass is 10.1. The molecule has 0 saturated carbocycles. The molecule has 0 unspecified atom stereocenters. The second-order valence-corrected chi connectivity index (χ2v) is 6.17. The van der Waals surface area contributed by atoms with Gasteiger partial charge in [-0.1, -0.05) is 17.7 Å². The summed E-state index contributed by atoms with van der Waals surface area (Å²) >= 11 is 5.80. The van der Waals surface area contributed by atoms with E-state index in [-0.39, 0.29) is 0 Å². The zero-order valence-corrected chi connectivity index (χ0v) is 14.1. The maximum Gasteiger partial charge on any atom is 0.412 e. The third-order valence-corrected chi connectivity index (χ3v) is 2.91. The molecule has 7 heteroatoms. The number of hydrogen-bond acceptors (Lipinski definition) is 5. The molecule has 0 aliphatic rings. The van der Waals surface area contributed by atoms with Crippen molar-refractivity contribution >= 4 is 23.4 Å². The van der Waals surface area contributed by atoms with Crippen molar-refractivity contribution in [3.05, 3.63) is 35.6 Å². The Morgan fingerprint density at radius 3 is 2.43 bits per heavy atom. The predicted octanol–water partition coefficient (Wildman–Crippen LogP) is 4.15. The van der Waals surface area contributed by atoms with E-state index in [0.717, 1.165) is 0 Å². The molecular formula is C16H18ClN3O3. The van der Waals surface area contributed by atoms with Crippen molar-refractivity contribution in [2.24, 2.45) is 0 Å². The molecule has 1 aromatic heterocycles. The SMILES string of the molecule is COc1c(NC(=O)OC(C)(C)C)cccc1-c1ncc(Cl)cn1. The summed E-state index contributed by atoms with van der Waals surface area (Å²) in [5.41, 5.74) is 0.518. The minimum Gasteiger partial charge on any atom is -0.494 e. The van der Waals surface area contributed by atoms with Crippen LogP contribution in [0.4, 0.5) is 10.5 Å². The number of nitrogens with zero attached hydrogens (tertiary/aromatic N) is 2. The average molecular weight is 336 g/mol. The van der Waals surface area contributed by atoms with Crippen molar-refractivity contribution < 1.29 is 14.3 Å². The van der Waals surface area contributed by atoms with Crippen molar-refractivity contribution in [3.8, 4) is 17.1 Å². The van der Waals surface area contributed by atoms with E-state index in [2.05, 4.69) is 15.3 Å². The smallest absolute Gasteiger partial charge is 0.412 e. The standard InChI is InChI=1S/C16H18ClN3O3/c1-16(2,3)23-15(21)20-12-7-5-6-11(13(12)22-4)14-18-8-10(17)9-19-14/h5-9H,1-4H3,(H,20,21). The fourth-order valence-corrected chi connectivity index (χ4v) is 1.99. The van der Waals surface area contributed by atoms with E-state index in [1.807, 2.05) is 0 Å². The molecule has 1 heterocycles. The Bertz CT molecular complexity index is 697. The summed E-state index contributed by atoms with van der Waals surface area (Å²) in [5, 5.41) is 3.11. The van der Waals surface area contributed by atoms with Crippen LogP contribution in [0.5, 0.6) is 5.75 Å². The average Bonchev–Trinajstić information content (AvgIpc) is 2.46. The van der Waals surface area contributed by atoms with Crippen LogP contribution < -0.4 is 10.1 Å². The Morgan fingerprint density at radius 1 is 1.22 bits per heavy atom. The van der Waals surface area contributed by atoms with Crippen LogP contribution >= 0.6 is 11.6 Å². The number of nitrogens with one attached hydrogen (secondary N) is 1. The van der Waals surface area contributed by atoms with Gasteiger partial charge in [-0.05, 0) is 32.9 Å². The van der Waals surface area contributed by atoms with Crippen LogP contribution in [0.2, 0.25) is 5.02 Å². The van der Waals surface area contributed by atoms with Crippen molar-refractivity contribution in [1.82, 2.24) is 9.97 Å². The molecule has 0 radical (unpaired) electrons. The lowest BCUT2D eigenvalue weighted by molar-refractivity contribution is 0.0635. The van der Waals surface area contributed by atoms with Crippen LogP contribution in [0.25, 0.3) is 11.4 Å². The summed E-state index contributed by atoms with van der Waals surface area (Å²) in [4.78, 5) is 20.3. The zero-order chi connectivity index (χ0) is 17.0. The van der Waals surface area contributed by atoms with Gasteiger partial charge in [0.05, 0.1) is 23.4 Å². The molecule has 1 aromatic carbocycles. The normalized spacial score (nSPS) is 11.0. The first kappa shape index (κ1) is 17.0. The molecule has 0 saturated heterocycles. The van der Waals surface area contributed by atoms with Crippen molar-refractivity contribution in [2.45, 2.75) is 26.4 Å². The van der Waals surface area contributed by atoms with Gasteiger partial charge in [0, 0.05) is 12.4 Å². The molecule has 2 aromatic rings. The van der Waals surface area contributed by atoms with Gasteiger partial charge in [0.25, 0.3) is 0 Å². The summed E-state index contributed by atoms with van der Waals surface area (Å²) in [6.45, 7) is 5.38. The van der Waals surface area contributed by atoms with Crippen LogP contribution in [0, 0.1) is 0 Å². The highest BCUT2D eigenvalue weighted by Crippen LogP contribution is 2.35. The first-order valence-corrected chi connectivity index (χ1v) is 7.33. The van der Waals surface area contributed by atoms with Gasteiger partial charge < -0.3 is 9.47 Å². The molecule has 1 N–H and O–H groups in total. The summed E-state index contributed by atoms with van der Waals surface area (Å²) in [7, 11) is 1.51. The molecule has 23 heavy (non-hydrogen) atoms. The quantitative estimate of drug-likeness (QED) is 0.912. The molecule has 0 bridgehead atoms. The van der Waals surface area contributed by atoms with E-state index in [9.17, 15) is 4.79 Å². The zero-order valence-electron chi connectivity index (χ0n) is 13.4. The molecule has 122 valence electrons. The Kier molecular flexibility index (Phi) is 5.05. The third-order valence-electron chi connectivity index (χ3n) is 2.72. The minimum atomic E-state index is -0.589. The second kappa shape index (κ2) is 6.83. The first-order chi connectivity index (χ1) is 10.8. The molecule has 6 nitrogen and oxygen atoms in total.